The summed E-state index contributed by atoms with van der Waals surface area (Å²) in [7, 11) is 0. The first-order chi connectivity index (χ1) is 11.7. The molecule has 8 atom stereocenters. The Morgan fingerprint density at radius 1 is 1.08 bits per heavy atom. The average Bonchev–Trinajstić information content (AvgIpc) is 2.88. The lowest BCUT2D eigenvalue weighted by molar-refractivity contribution is -0.142. The molecule has 4 aliphatic carbocycles. The minimum Gasteiger partial charge on any atom is -0.390 e. The molecule has 0 amide bonds. The second-order valence-electron chi connectivity index (χ2n) is 9.64. The number of fused-ring (bicyclic) bond motifs is 5. The van der Waals surface area contributed by atoms with Gasteiger partial charge in [-0.25, -0.2) is 0 Å². The first kappa shape index (κ1) is 17.4. The quantitative estimate of drug-likeness (QED) is 0.639. The molecule has 4 heteroatoms. The molecule has 4 nitrogen and oxygen atoms in total. The van der Waals surface area contributed by atoms with Gasteiger partial charge in [-0.1, -0.05) is 19.4 Å². The third-order valence-electron chi connectivity index (χ3n) is 8.45. The normalized spacial score (nSPS) is 52.0. The summed E-state index contributed by atoms with van der Waals surface area (Å²) in [6.45, 7) is 6.42. The van der Waals surface area contributed by atoms with Crippen molar-refractivity contribution in [2.45, 2.75) is 71.5 Å². The van der Waals surface area contributed by atoms with Crippen molar-refractivity contribution >= 4 is 11.5 Å². The lowest BCUT2D eigenvalue weighted by Gasteiger charge is -2.57. The Bertz CT molecular complexity index is 656. The zero-order chi connectivity index (χ0) is 18.1. The van der Waals surface area contributed by atoms with Crippen LogP contribution in [0.4, 0.5) is 0 Å². The van der Waals surface area contributed by atoms with Crippen LogP contribution in [-0.2, 0) is 4.79 Å². The van der Waals surface area contributed by atoms with Crippen molar-refractivity contribution in [3.05, 3.63) is 11.6 Å². The molecule has 0 saturated heterocycles. The van der Waals surface area contributed by atoms with Crippen molar-refractivity contribution in [3.8, 4) is 0 Å². The Hall–Kier alpha value is -1.00. The SMILES string of the molecule is CC(=N)[C@H]1CCC2C3=CC(=O)[C@@H]4C[C@@H](O)[C@@H](O)C[C@]4(C)C3CC[C@@]21C. The van der Waals surface area contributed by atoms with Crippen molar-refractivity contribution in [1.82, 2.24) is 0 Å². The maximum atomic E-state index is 12.9. The zero-order valence-corrected chi connectivity index (χ0v) is 15.6. The standard InChI is InChI=1S/C21H31NO3/c1-11(22)13-4-5-14-12-8-17(23)16-9-18(24)19(25)10-21(16,3)15(12)6-7-20(13,14)2/h8,13-16,18-19,22,24-25H,4-7,9-10H2,1-3H3/t13-,14?,15?,16+,18-,19+,20-,21-/m1/s1. The van der Waals surface area contributed by atoms with Crippen LogP contribution in [0.15, 0.2) is 11.6 Å². The minimum atomic E-state index is -0.776. The second-order valence-corrected chi connectivity index (χ2v) is 9.64. The Balaban J connectivity index is 1.74. The zero-order valence-electron chi connectivity index (χ0n) is 15.6. The highest BCUT2D eigenvalue weighted by atomic mass is 16.3. The minimum absolute atomic E-state index is 0.102. The van der Waals surface area contributed by atoms with Crippen LogP contribution in [-0.4, -0.2) is 33.9 Å². The van der Waals surface area contributed by atoms with Gasteiger partial charge in [0.25, 0.3) is 0 Å². The number of ketones is 1. The van der Waals surface area contributed by atoms with E-state index >= 15 is 0 Å². The molecule has 0 spiro atoms. The van der Waals surface area contributed by atoms with Gasteiger partial charge in [0.05, 0.1) is 12.2 Å². The maximum absolute atomic E-state index is 12.9. The third kappa shape index (κ3) is 2.26. The van der Waals surface area contributed by atoms with Gasteiger partial charge in [0.15, 0.2) is 5.78 Å². The van der Waals surface area contributed by atoms with Crippen LogP contribution in [0.1, 0.15) is 59.3 Å². The summed E-state index contributed by atoms with van der Waals surface area (Å²) in [6, 6.07) is 0. The molecule has 0 bridgehead atoms. The van der Waals surface area contributed by atoms with E-state index in [1.807, 2.05) is 13.0 Å². The molecule has 138 valence electrons. The number of aliphatic hydroxyl groups excluding tert-OH is 2. The number of hydrogen-bond donors (Lipinski definition) is 3. The van der Waals surface area contributed by atoms with Gasteiger partial charge in [-0.2, -0.15) is 0 Å². The molecule has 0 heterocycles. The number of allylic oxidation sites excluding steroid dienone is 2. The molecule has 0 aromatic carbocycles. The number of carbonyl (C=O) groups excluding carboxylic acids is 1. The molecule has 3 fully saturated rings. The maximum Gasteiger partial charge on any atom is 0.159 e. The fourth-order valence-corrected chi connectivity index (χ4v) is 7.11. The number of aliphatic hydroxyl groups is 2. The van der Waals surface area contributed by atoms with E-state index in [-0.39, 0.29) is 22.5 Å². The fourth-order valence-electron chi connectivity index (χ4n) is 7.11. The van der Waals surface area contributed by atoms with E-state index in [2.05, 4.69) is 13.8 Å². The number of rotatable bonds is 1. The van der Waals surface area contributed by atoms with E-state index < -0.39 is 12.2 Å². The highest BCUT2D eigenvalue weighted by Gasteiger charge is 2.60. The molecular weight excluding hydrogens is 314 g/mol. The summed E-state index contributed by atoms with van der Waals surface area (Å²) in [5, 5.41) is 28.6. The van der Waals surface area contributed by atoms with E-state index in [1.54, 1.807) is 0 Å². The van der Waals surface area contributed by atoms with Crippen LogP contribution in [0.2, 0.25) is 0 Å². The van der Waals surface area contributed by atoms with Gasteiger partial charge < -0.3 is 15.6 Å². The van der Waals surface area contributed by atoms with Gasteiger partial charge >= 0.3 is 0 Å². The van der Waals surface area contributed by atoms with Crippen molar-refractivity contribution in [1.29, 1.82) is 5.41 Å². The predicted molar refractivity (Wildman–Crippen MR) is 96.4 cm³/mol. The van der Waals surface area contributed by atoms with Gasteiger partial charge in [0.2, 0.25) is 0 Å². The fraction of sp³-hybridized carbons (Fsp3) is 0.810. The number of carbonyl (C=O) groups is 1. The highest BCUT2D eigenvalue weighted by Crippen LogP contribution is 2.65. The van der Waals surface area contributed by atoms with Crippen LogP contribution in [0.5, 0.6) is 0 Å². The van der Waals surface area contributed by atoms with Crippen LogP contribution in [0, 0.1) is 39.9 Å². The smallest absolute Gasteiger partial charge is 0.159 e. The molecule has 3 N–H and O–H groups in total. The molecule has 2 unspecified atom stereocenters. The lowest BCUT2D eigenvalue weighted by atomic mass is 9.47. The molecule has 0 aromatic heterocycles. The van der Waals surface area contributed by atoms with Gasteiger partial charge in [-0.15, -0.1) is 0 Å². The van der Waals surface area contributed by atoms with E-state index in [1.165, 1.54) is 5.57 Å². The van der Waals surface area contributed by atoms with E-state index in [4.69, 9.17) is 5.41 Å². The predicted octanol–water partition coefficient (Wildman–Crippen LogP) is 3.12. The summed E-state index contributed by atoms with van der Waals surface area (Å²) >= 11 is 0. The highest BCUT2D eigenvalue weighted by molar-refractivity contribution is 5.94. The Labute approximate surface area is 150 Å². The first-order valence-electron chi connectivity index (χ1n) is 9.85. The summed E-state index contributed by atoms with van der Waals surface area (Å²) in [5.41, 5.74) is 1.94. The topological polar surface area (TPSA) is 81.4 Å². The van der Waals surface area contributed by atoms with Gasteiger partial charge in [0, 0.05) is 17.5 Å². The van der Waals surface area contributed by atoms with Crippen molar-refractivity contribution in [3.63, 3.8) is 0 Å². The van der Waals surface area contributed by atoms with E-state index in [0.717, 1.165) is 31.4 Å². The Morgan fingerprint density at radius 2 is 1.76 bits per heavy atom. The molecule has 4 aliphatic rings. The Kier molecular flexibility index (Phi) is 3.83. The van der Waals surface area contributed by atoms with Crippen LogP contribution < -0.4 is 0 Å². The number of hydrogen-bond acceptors (Lipinski definition) is 4. The Morgan fingerprint density at radius 3 is 2.44 bits per heavy atom. The third-order valence-corrected chi connectivity index (χ3v) is 8.45. The largest absolute Gasteiger partial charge is 0.390 e. The second kappa shape index (κ2) is 5.50. The van der Waals surface area contributed by atoms with Gasteiger partial charge in [0.1, 0.15) is 0 Å². The van der Waals surface area contributed by atoms with E-state index in [9.17, 15) is 15.0 Å². The van der Waals surface area contributed by atoms with Crippen LogP contribution in [0.25, 0.3) is 0 Å². The lowest BCUT2D eigenvalue weighted by Crippen LogP contribution is -2.55. The van der Waals surface area contributed by atoms with Gasteiger partial charge in [-0.3, -0.25) is 4.79 Å². The summed E-state index contributed by atoms with van der Waals surface area (Å²) in [6.07, 6.45) is 5.57. The average molecular weight is 345 g/mol. The molecule has 25 heavy (non-hydrogen) atoms. The van der Waals surface area contributed by atoms with Crippen molar-refractivity contribution in [2.75, 3.05) is 0 Å². The summed E-state index contributed by atoms with van der Waals surface area (Å²) < 4.78 is 0. The molecule has 4 rings (SSSR count). The van der Waals surface area contributed by atoms with Crippen molar-refractivity contribution < 1.29 is 15.0 Å². The molecule has 0 aromatic rings. The van der Waals surface area contributed by atoms with Gasteiger partial charge in [-0.05, 0) is 74.2 Å². The van der Waals surface area contributed by atoms with Crippen molar-refractivity contribution in [2.24, 2.45) is 34.5 Å². The molecular formula is C21H31NO3. The first-order valence-corrected chi connectivity index (χ1v) is 9.85. The van der Waals surface area contributed by atoms with Crippen LogP contribution >= 0.6 is 0 Å². The van der Waals surface area contributed by atoms with E-state index in [0.29, 0.717) is 30.6 Å². The number of nitrogens with one attached hydrogen (secondary N) is 1. The molecule has 0 radical (unpaired) electrons. The monoisotopic (exact) mass is 345 g/mol. The molecule has 3 saturated carbocycles. The summed E-state index contributed by atoms with van der Waals surface area (Å²) in [5.74, 6) is 1.05. The summed E-state index contributed by atoms with van der Waals surface area (Å²) in [4.78, 5) is 12.9. The molecule has 0 aliphatic heterocycles. The van der Waals surface area contributed by atoms with Crippen LogP contribution in [0.3, 0.4) is 0 Å².